The zero-order valence-electron chi connectivity index (χ0n) is 10.8. The summed E-state index contributed by atoms with van der Waals surface area (Å²) in [7, 11) is 0. The van der Waals surface area contributed by atoms with Gasteiger partial charge in [0.15, 0.2) is 5.69 Å². The van der Waals surface area contributed by atoms with Crippen LogP contribution in [0.3, 0.4) is 0 Å². The number of phenols is 1. The van der Waals surface area contributed by atoms with Gasteiger partial charge in [-0.1, -0.05) is 19.9 Å². The van der Waals surface area contributed by atoms with Crippen LogP contribution < -0.4 is 11.1 Å². The van der Waals surface area contributed by atoms with Gasteiger partial charge < -0.3 is 16.2 Å². The maximum Gasteiger partial charge on any atom is 0.296 e. The summed E-state index contributed by atoms with van der Waals surface area (Å²) in [6, 6.07) is 3.01. The van der Waals surface area contributed by atoms with E-state index in [1.54, 1.807) is 0 Å². The number of nitro benzene ring substituents is 1. The Morgan fingerprint density at radius 1 is 1.53 bits per heavy atom. The van der Waals surface area contributed by atoms with E-state index in [1.807, 2.05) is 13.8 Å². The number of para-hydroxylation sites is 1. The zero-order chi connectivity index (χ0) is 14.6. The van der Waals surface area contributed by atoms with Gasteiger partial charge in [0.1, 0.15) is 5.75 Å². The molecule has 104 valence electrons. The monoisotopic (exact) mass is 267 g/mol. The predicted molar refractivity (Wildman–Crippen MR) is 70.8 cm³/mol. The third-order valence-electron chi connectivity index (χ3n) is 2.53. The lowest BCUT2D eigenvalue weighted by atomic mass is 10.0. The number of hydrogen-bond acceptors (Lipinski definition) is 5. The highest BCUT2D eigenvalue weighted by molar-refractivity contribution is 5.98. The second-order valence-corrected chi connectivity index (χ2v) is 4.65. The van der Waals surface area contributed by atoms with Gasteiger partial charge in [0.05, 0.1) is 11.0 Å². The van der Waals surface area contributed by atoms with Crippen molar-refractivity contribution in [2.24, 2.45) is 11.7 Å². The minimum absolute atomic E-state index is 0.222. The van der Waals surface area contributed by atoms with E-state index in [2.05, 4.69) is 5.32 Å². The van der Waals surface area contributed by atoms with Crippen LogP contribution in [0.5, 0.6) is 5.75 Å². The first-order chi connectivity index (χ1) is 8.82. The molecule has 0 saturated heterocycles. The predicted octanol–water partition coefficient (Wildman–Crippen LogP) is 1.61. The molecule has 7 nitrogen and oxygen atoms in total. The number of carbonyl (C=O) groups is 1. The summed E-state index contributed by atoms with van der Waals surface area (Å²) in [5.74, 6) is -0.697. The van der Waals surface area contributed by atoms with Crippen LogP contribution in [-0.2, 0) is 4.79 Å². The summed E-state index contributed by atoms with van der Waals surface area (Å²) >= 11 is 0. The average Bonchev–Trinajstić information content (AvgIpc) is 2.30. The molecule has 19 heavy (non-hydrogen) atoms. The van der Waals surface area contributed by atoms with Crippen LogP contribution in [-0.4, -0.2) is 22.0 Å². The molecule has 0 heterocycles. The topological polar surface area (TPSA) is 118 Å². The molecule has 1 aromatic carbocycles. The first kappa shape index (κ1) is 14.9. The van der Waals surface area contributed by atoms with Gasteiger partial charge in [-0.2, -0.15) is 0 Å². The Morgan fingerprint density at radius 3 is 2.68 bits per heavy atom. The molecule has 0 aliphatic carbocycles. The molecule has 1 amide bonds. The van der Waals surface area contributed by atoms with Crippen molar-refractivity contribution in [2.75, 3.05) is 5.32 Å². The lowest BCUT2D eigenvalue weighted by Crippen LogP contribution is -2.36. The maximum absolute atomic E-state index is 11.8. The lowest BCUT2D eigenvalue weighted by Gasteiger charge is -2.14. The smallest absolute Gasteiger partial charge is 0.296 e. The molecule has 0 aromatic heterocycles. The van der Waals surface area contributed by atoms with Crippen molar-refractivity contribution in [2.45, 2.75) is 26.3 Å². The quantitative estimate of drug-likeness (QED) is 0.425. The van der Waals surface area contributed by atoms with E-state index in [1.165, 1.54) is 18.2 Å². The van der Waals surface area contributed by atoms with E-state index < -0.39 is 16.9 Å². The number of benzene rings is 1. The van der Waals surface area contributed by atoms with Crippen molar-refractivity contribution in [3.63, 3.8) is 0 Å². The Morgan fingerprint density at radius 2 is 2.16 bits per heavy atom. The lowest BCUT2D eigenvalue weighted by molar-refractivity contribution is -0.384. The van der Waals surface area contributed by atoms with Gasteiger partial charge in [0.25, 0.3) is 5.69 Å². The largest absolute Gasteiger partial charge is 0.505 e. The fourth-order valence-corrected chi connectivity index (χ4v) is 1.64. The van der Waals surface area contributed by atoms with E-state index in [0.29, 0.717) is 6.42 Å². The number of nitrogens with one attached hydrogen (secondary N) is 1. The number of anilines is 1. The van der Waals surface area contributed by atoms with Gasteiger partial charge in [-0.25, -0.2) is 0 Å². The van der Waals surface area contributed by atoms with Crippen molar-refractivity contribution in [3.8, 4) is 5.75 Å². The minimum Gasteiger partial charge on any atom is -0.505 e. The van der Waals surface area contributed by atoms with E-state index >= 15 is 0 Å². The second kappa shape index (κ2) is 6.14. The highest BCUT2D eigenvalue weighted by Crippen LogP contribution is 2.33. The third kappa shape index (κ3) is 3.92. The Balaban J connectivity index is 2.93. The van der Waals surface area contributed by atoms with Gasteiger partial charge in [0, 0.05) is 6.07 Å². The van der Waals surface area contributed by atoms with Crippen molar-refractivity contribution in [3.05, 3.63) is 28.3 Å². The highest BCUT2D eigenvalue weighted by atomic mass is 16.6. The second-order valence-electron chi connectivity index (χ2n) is 4.65. The number of phenolic OH excluding ortho intramolecular Hbond substituents is 1. The summed E-state index contributed by atoms with van der Waals surface area (Å²) in [5.41, 5.74) is 5.08. The number of nitrogens with zero attached hydrogens (tertiary/aromatic N) is 1. The number of nitrogens with two attached hydrogens (primary N) is 1. The summed E-state index contributed by atoms with van der Waals surface area (Å²) in [6.45, 7) is 3.82. The van der Waals surface area contributed by atoms with Crippen LogP contribution in [0, 0.1) is 16.0 Å². The Hall–Kier alpha value is -2.15. The van der Waals surface area contributed by atoms with Crippen LogP contribution >= 0.6 is 0 Å². The van der Waals surface area contributed by atoms with Crippen LogP contribution in [0.25, 0.3) is 0 Å². The SMILES string of the molecule is CC(C)CC(N)C(=O)Nc1c(O)cccc1[N+](=O)[O-]. The fraction of sp³-hybridized carbons (Fsp3) is 0.417. The molecule has 0 fully saturated rings. The molecule has 1 aromatic rings. The Bertz CT molecular complexity index is 488. The molecule has 4 N–H and O–H groups in total. The number of carbonyl (C=O) groups excluding carboxylic acids is 1. The molecule has 0 saturated carbocycles. The van der Waals surface area contributed by atoms with E-state index in [0.717, 1.165) is 0 Å². The average molecular weight is 267 g/mol. The van der Waals surface area contributed by atoms with Gasteiger partial charge in [0.2, 0.25) is 5.91 Å². The van der Waals surface area contributed by atoms with E-state index in [4.69, 9.17) is 5.73 Å². The molecule has 1 atom stereocenters. The Kier molecular flexibility index (Phi) is 4.82. The highest BCUT2D eigenvalue weighted by Gasteiger charge is 2.22. The van der Waals surface area contributed by atoms with Crippen LogP contribution in [0.15, 0.2) is 18.2 Å². The van der Waals surface area contributed by atoms with E-state index in [9.17, 15) is 20.0 Å². The molecule has 1 unspecified atom stereocenters. The molecule has 1 rings (SSSR count). The van der Waals surface area contributed by atoms with Gasteiger partial charge >= 0.3 is 0 Å². The zero-order valence-corrected chi connectivity index (χ0v) is 10.8. The van der Waals surface area contributed by atoms with Gasteiger partial charge in [-0.05, 0) is 18.4 Å². The third-order valence-corrected chi connectivity index (χ3v) is 2.53. The van der Waals surface area contributed by atoms with E-state index in [-0.39, 0.29) is 23.0 Å². The number of amides is 1. The van der Waals surface area contributed by atoms with Crippen molar-refractivity contribution in [1.82, 2.24) is 0 Å². The molecular weight excluding hydrogens is 250 g/mol. The first-order valence-electron chi connectivity index (χ1n) is 5.85. The molecule has 0 radical (unpaired) electrons. The summed E-state index contributed by atoms with van der Waals surface area (Å²) in [4.78, 5) is 21.9. The summed E-state index contributed by atoms with van der Waals surface area (Å²) in [5, 5.41) is 22.7. The minimum atomic E-state index is -0.779. The fourth-order valence-electron chi connectivity index (χ4n) is 1.64. The standard InChI is InChI=1S/C12H17N3O4/c1-7(2)6-8(13)12(17)14-11-9(15(18)19)4-3-5-10(11)16/h3-5,7-8,16H,6,13H2,1-2H3,(H,14,17). The van der Waals surface area contributed by atoms with Crippen LogP contribution in [0.2, 0.25) is 0 Å². The molecule has 0 aliphatic rings. The molecule has 0 aliphatic heterocycles. The number of rotatable bonds is 5. The van der Waals surface area contributed by atoms with Crippen LogP contribution in [0.1, 0.15) is 20.3 Å². The number of aromatic hydroxyl groups is 1. The van der Waals surface area contributed by atoms with Crippen molar-refractivity contribution < 1.29 is 14.8 Å². The summed E-state index contributed by atoms with van der Waals surface area (Å²) in [6.07, 6.45) is 0.452. The van der Waals surface area contributed by atoms with Crippen molar-refractivity contribution >= 4 is 17.3 Å². The molecule has 0 bridgehead atoms. The van der Waals surface area contributed by atoms with Crippen LogP contribution in [0.4, 0.5) is 11.4 Å². The number of hydrogen-bond donors (Lipinski definition) is 3. The molecule has 0 spiro atoms. The molecular formula is C12H17N3O4. The van der Waals surface area contributed by atoms with Crippen molar-refractivity contribution in [1.29, 1.82) is 0 Å². The summed E-state index contributed by atoms with van der Waals surface area (Å²) < 4.78 is 0. The normalized spacial score (nSPS) is 12.2. The van der Waals surface area contributed by atoms with Gasteiger partial charge in [-0.3, -0.25) is 14.9 Å². The van der Waals surface area contributed by atoms with Gasteiger partial charge in [-0.15, -0.1) is 0 Å². The first-order valence-corrected chi connectivity index (χ1v) is 5.85. The molecule has 7 heteroatoms. The number of nitro groups is 1. The maximum atomic E-state index is 11.8. The Labute approximate surface area is 110 Å².